The van der Waals surface area contributed by atoms with Crippen molar-refractivity contribution in [1.82, 2.24) is 9.80 Å². The summed E-state index contributed by atoms with van der Waals surface area (Å²) in [5.41, 5.74) is 1.09. The van der Waals surface area contributed by atoms with Crippen molar-refractivity contribution in [2.24, 2.45) is 0 Å². The topological polar surface area (TPSA) is 54.4 Å². The molecule has 6 heteroatoms. The van der Waals surface area contributed by atoms with Gasteiger partial charge >= 0.3 is 0 Å². The van der Waals surface area contributed by atoms with E-state index in [2.05, 4.69) is 15.9 Å². The maximum atomic E-state index is 9.49. The first kappa shape index (κ1) is 18.3. The molecule has 0 saturated carbocycles. The van der Waals surface area contributed by atoms with Gasteiger partial charge in [0.25, 0.3) is 0 Å². The number of rotatable bonds is 7. The number of ether oxygens (including phenoxy) is 3. The van der Waals surface area contributed by atoms with Gasteiger partial charge in [0.15, 0.2) is 11.5 Å². The fourth-order valence-corrected chi connectivity index (χ4v) is 4.27. The van der Waals surface area contributed by atoms with Gasteiger partial charge in [-0.2, -0.15) is 0 Å². The van der Waals surface area contributed by atoms with Crippen molar-refractivity contribution in [3.63, 3.8) is 0 Å². The first-order chi connectivity index (χ1) is 12.2. The van der Waals surface area contributed by atoms with Crippen molar-refractivity contribution < 1.29 is 19.3 Å². The lowest BCUT2D eigenvalue weighted by Gasteiger charge is -2.44. The van der Waals surface area contributed by atoms with E-state index in [9.17, 15) is 5.11 Å². The fourth-order valence-electron chi connectivity index (χ4n) is 4.27. The highest BCUT2D eigenvalue weighted by molar-refractivity contribution is 5.55. The summed E-state index contributed by atoms with van der Waals surface area (Å²) in [7, 11) is 4.94. The summed E-state index contributed by atoms with van der Waals surface area (Å²) in [6.45, 7) is 4.30. The smallest absolute Gasteiger partial charge is 0.203 e. The molecule has 0 aromatic heterocycles. The van der Waals surface area contributed by atoms with E-state index in [1.54, 1.807) is 21.3 Å². The number of benzene rings is 1. The first-order valence-electron chi connectivity index (χ1n) is 9.08. The lowest BCUT2D eigenvalue weighted by molar-refractivity contribution is 0.0328. The van der Waals surface area contributed by atoms with Crippen molar-refractivity contribution in [1.29, 1.82) is 0 Å². The minimum Gasteiger partial charge on any atom is -0.493 e. The van der Waals surface area contributed by atoms with Crippen molar-refractivity contribution in [3.05, 3.63) is 17.7 Å². The second-order valence-corrected chi connectivity index (χ2v) is 6.88. The quantitative estimate of drug-likeness (QED) is 0.808. The van der Waals surface area contributed by atoms with Gasteiger partial charge in [-0.1, -0.05) is 6.07 Å². The Hall–Kier alpha value is -1.50. The molecule has 0 amide bonds. The molecule has 0 bridgehead atoms. The van der Waals surface area contributed by atoms with Crippen LogP contribution in [0.15, 0.2) is 12.1 Å². The van der Waals surface area contributed by atoms with Crippen LogP contribution < -0.4 is 14.2 Å². The molecular weight excluding hydrogens is 320 g/mol. The maximum absolute atomic E-state index is 9.49. The molecular formula is C19H30N2O4. The lowest BCUT2D eigenvalue weighted by Crippen LogP contribution is -2.55. The fraction of sp³-hybridized carbons (Fsp3) is 0.684. The normalized spacial score (nSPS) is 24.2. The van der Waals surface area contributed by atoms with Crippen molar-refractivity contribution in [2.45, 2.75) is 37.9 Å². The van der Waals surface area contributed by atoms with Gasteiger partial charge in [0.2, 0.25) is 5.75 Å². The van der Waals surface area contributed by atoms with E-state index in [1.807, 2.05) is 6.07 Å². The molecule has 2 aliphatic rings. The van der Waals surface area contributed by atoms with Crippen LogP contribution in [0.2, 0.25) is 0 Å². The lowest BCUT2D eigenvalue weighted by atomic mass is 10.0. The average Bonchev–Trinajstić information content (AvgIpc) is 3.08. The van der Waals surface area contributed by atoms with Gasteiger partial charge in [-0.05, 0) is 31.9 Å². The molecule has 1 aromatic rings. The van der Waals surface area contributed by atoms with Crippen LogP contribution in [0.5, 0.6) is 17.2 Å². The monoisotopic (exact) mass is 350 g/mol. The van der Waals surface area contributed by atoms with Crippen LogP contribution in [0.1, 0.15) is 24.8 Å². The molecule has 2 atom stereocenters. The number of methoxy groups -OCH3 is 3. The van der Waals surface area contributed by atoms with Gasteiger partial charge in [-0.15, -0.1) is 0 Å². The van der Waals surface area contributed by atoms with Crippen LogP contribution in [0.25, 0.3) is 0 Å². The van der Waals surface area contributed by atoms with E-state index >= 15 is 0 Å². The number of hydrogen-bond donors (Lipinski definition) is 1. The van der Waals surface area contributed by atoms with Gasteiger partial charge in [-0.3, -0.25) is 9.80 Å². The zero-order valence-corrected chi connectivity index (χ0v) is 15.5. The largest absolute Gasteiger partial charge is 0.493 e. The number of nitrogens with zero attached hydrogens (tertiary/aromatic N) is 2. The summed E-state index contributed by atoms with van der Waals surface area (Å²) >= 11 is 0. The summed E-state index contributed by atoms with van der Waals surface area (Å²) in [4.78, 5) is 5.08. The van der Waals surface area contributed by atoms with Crippen LogP contribution in [0.3, 0.4) is 0 Å². The Labute approximate surface area is 150 Å². The Morgan fingerprint density at radius 3 is 2.56 bits per heavy atom. The van der Waals surface area contributed by atoms with Crippen molar-refractivity contribution in [2.75, 3.05) is 47.6 Å². The molecule has 2 aliphatic heterocycles. The number of piperazine rings is 1. The maximum Gasteiger partial charge on any atom is 0.203 e. The van der Waals surface area contributed by atoms with Crippen LogP contribution in [0.4, 0.5) is 0 Å². The van der Waals surface area contributed by atoms with Crippen LogP contribution >= 0.6 is 0 Å². The minimum atomic E-state index is 0.225. The predicted octanol–water partition coefficient (Wildman–Crippen LogP) is 1.74. The molecule has 1 N–H and O–H groups in total. The summed E-state index contributed by atoms with van der Waals surface area (Å²) < 4.78 is 16.5. The third-order valence-corrected chi connectivity index (χ3v) is 5.53. The molecule has 140 valence electrons. The van der Waals surface area contributed by atoms with Crippen LogP contribution in [0, 0.1) is 0 Å². The Morgan fingerprint density at radius 2 is 1.88 bits per heavy atom. The molecule has 0 spiro atoms. The SMILES string of the molecule is COc1ccc(CN2C[C@@H]3CCCN3C[C@@H]2CCO)c(OC)c1OC. The van der Waals surface area contributed by atoms with Gasteiger partial charge in [0.05, 0.1) is 21.3 Å². The highest BCUT2D eigenvalue weighted by atomic mass is 16.5. The van der Waals surface area contributed by atoms with Gasteiger partial charge in [0.1, 0.15) is 0 Å². The number of fused-ring (bicyclic) bond motifs is 1. The molecule has 2 saturated heterocycles. The van der Waals surface area contributed by atoms with Crippen LogP contribution in [-0.2, 0) is 6.54 Å². The van der Waals surface area contributed by atoms with E-state index < -0.39 is 0 Å². The molecule has 25 heavy (non-hydrogen) atoms. The highest BCUT2D eigenvalue weighted by Crippen LogP contribution is 2.40. The zero-order chi connectivity index (χ0) is 17.8. The first-order valence-corrected chi connectivity index (χ1v) is 9.08. The zero-order valence-electron chi connectivity index (χ0n) is 15.5. The highest BCUT2D eigenvalue weighted by Gasteiger charge is 2.36. The summed E-state index contributed by atoms with van der Waals surface area (Å²) in [6.07, 6.45) is 3.36. The van der Waals surface area contributed by atoms with Gasteiger partial charge in [-0.25, -0.2) is 0 Å². The van der Waals surface area contributed by atoms with E-state index in [-0.39, 0.29) is 6.61 Å². The standard InChI is InChI=1S/C19H30N2O4/c1-23-17-7-6-14(18(24-2)19(17)25-3)11-21-13-15-5-4-9-20(15)12-16(21)8-10-22/h6-7,15-16,22H,4-5,8-13H2,1-3H3/t15-,16-/m0/s1. The number of aliphatic hydroxyl groups excluding tert-OH is 1. The van der Waals surface area contributed by atoms with Gasteiger partial charge < -0.3 is 19.3 Å². The molecule has 0 radical (unpaired) electrons. The average molecular weight is 350 g/mol. The van der Waals surface area contributed by atoms with E-state index in [4.69, 9.17) is 14.2 Å². The number of hydrogen-bond acceptors (Lipinski definition) is 6. The molecule has 6 nitrogen and oxygen atoms in total. The molecule has 2 heterocycles. The third kappa shape index (κ3) is 3.71. The Kier molecular flexibility index (Phi) is 6.04. The Morgan fingerprint density at radius 1 is 1.08 bits per heavy atom. The van der Waals surface area contributed by atoms with E-state index in [0.717, 1.165) is 37.4 Å². The van der Waals surface area contributed by atoms with Crippen LogP contribution in [-0.4, -0.2) is 74.6 Å². The third-order valence-electron chi connectivity index (χ3n) is 5.53. The van der Waals surface area contributed by atoms with E-state index in [1.165, 1.54) is 19.4 Å². The molecule has 1 aromatic carbocycles. The Balaban J connectivity index is 1.84. The Bertz CT molecular complexity index is 581. The molecule has 0 unspecified atom stereocenters. The van der Waals surface area contributed by atoms with E-state index in [0.29, 0.717) is 23.6 Å². The van der Waals surface area contributed by atoms with Crippen molar-refractivity contribution >= 4 is 0 Å². The molecule has 3 rings (SSSR count). The summed E-state index contributed by atoms with van der Waals surface area (Å²) in [5, 5.41) is 9.49. The number of aliphatic hydroxyl groups is 1. The minimum absolute atomic E-state index is 0.225. The molecule has 2 fully saturated rings. The predicted molar refractivity (Wildman–Crippen MR) is 96.6 cm³/mol. The second-order valence-electron chi connectivity index (χ2n) is 6.88. The summed E-state index contributed by atoms with van der Waals surface area (Å²) in [6, 6.07) is 5.00. The second kappa shape index (κ2) is 8.25. The summed E-state index contributed by atoms with van der Waals surface area (Å²) in [5.74, 6) is 2.05. The van der Waals surface area contributed by atoms with Crippen molar-refractivity contribution in [3.8, 4) is 17.2 Å². The van der Waals surface area contributed by atoms with Gasteiger partial charge in [0, 0.05) is 43.9 Å². The molecule has 0 aliphatic carbocycles.